The molecule has 1 aromatic rings. The van der Waals surface area contributed by atoms with Gasteiger partial charge in [-0.1, -0.05) is 50.3 Å². The zero-order valence-corrected chi connectivity index (χ0v) is 7.01. The van der Waals surface area contributed by atoms with Gasteiger partial charge in [0.05, 0.1) is 0 Å². The van der Waals surface area contributed by atoms with Crippen LogP contribution in [0.4, 0.5) is 0 Å². The number of benzene rings is 1. The normalized spacial score (nSPS) is 9.55. The molecule has 0 nitrogen and oxygen atoms in total. The Hall–Kier alpha value is -1.04. The molecule has 0 aliphatic carbocycles. The molecular formula is C11H14. The fourth-order valence-corrected chi connectivity index (χ4v) is 1.12. The molecule has 1 rings (SSSR count). The van der Waals surface area contributed by atoms with Crippen LogP contribution in [0.5, 0.6) is 0 Å². The van der Waals surface area contributed by atoms with Crippen LogP contribution in [0.1, 0.15) is 25.3 Å². The molecule has 0 aromatic heterocycles. The van der Waals surface area contributed by atoms with Gasteiger partial charge >= 0.3 is 0 Å². The molecule has 1 aromatic carbocycles. The fourth-order valence-electron chi connectivity index (χ4n) is 1.12. The van der Waals surface area contributed by atoms with E-state index in [0.29, 0.717) is 0 Å². The van der Waals surface area contributed by atoms with Crippen LogP contribution in [0, 0.1) is 0 Å². The molecule has 0 fully saturated rings. The third-order valence-electron chi connectivity index (χ3n) is 1.73. The highest BCUT2D eigenvalue weighted by atomic mass is 14.0. The maximum absolute atomic E-state index is 4.01. The Morgan fingerprint density at radius 1 is 1.27 bits per heavy atom. The molecule has 0 atom stereocenters. The van der Waals surface area contributed by atoms with Gasteiger partial charge in [-0.3, -0.25) is 0 Å². The second-order valence-electron chi connectivity index (χ2n) is 2.72. The summed E-state index contributed by atoms with van der Waals surface area (Å²) in [5, 5.41) is 0. The Kier molecular flexibility index (Phi) is 2.91. The van der Waals surface area contributed by atoms with Gasteiger partial charge in [0.1, 0.15) is 0 Å². The van der Waals surface area contributed by atoms with E-state index in [1.807, 2.05) is 6.07 Å². The van der Waals surface area contributed by atoms with Gasteiger partial charge in [0, 0.05) is 0 Å². The highest BCUT2D eigenvalue weighted by molar-refractivity contribution is 5.62. The first kappa shape index (κ1) is 8.06. The van der Waals surface area contributed by atoms with E-state index in [4.69, 9.17) is 0 Å². The molecule has 0 amide bonds. The molecule has 0 aliphatic rings. The third-order valence-corrected chi connectivity index (χ3v) is 1.73. The molecule has 0 aliphatic heterocycles. The van der Waals surface area contributed by atoms with E-state index >= 15 is 0 Å². The van der Waals surface area contributed by atoms with Crippen molar-refractivity contribution in [1.29, 1.82) is 0 Å². The standard InChI is InChI=1S/C11H14/c1-3-7-10(2)11-8-5-4-6-9-11/h4-6,8-9H,2-3,7H2,1H3. The summed E-state index contributed by atoms with van der Waals surface area (Å²) in [5.74, 6) is 0. The van der Waals surface area contributed by atoms with Crippen molar-refractivity contribution >= 4 is 5.57 Å². The van der Waals surface area contributed by atoms with Crippen molar-refractivity contribution in [2.45, 2.75) is 19.8 Å². The second-order valence-corrected chi connectivity index (χ2v) is 2.72. The van der Waals surface area contributed by atoms with Crippen molar-refractivity contribution in [3.63, 3.8) is 0 Å². The van der Waals surface area contributed by atoms with Crippen LogP contribution in [-0.2, 0) is 0 Å². The second kappa shape index (κ2) is 3.97. The summed E-state index contributed by atoms with van der Waals surface area (Å²) in [7, 11) is 0. The van der Waals surface area contributed by atoms with E-state index in [1.165, 1.54) is 17.6 Å². The molecule has 0 N–H and O–H groups in total. The van der Waals surface area contributed by atoms with Gasteiger partial charge in [-0.05, 0) is 17.6 Å². The molecular weight excluding hydrogens is 132 g/mol. The number of hydrogen-bond acceptors (Lipinski definition) is 0. The van der Waals surface area contributed by atoms with Crippen LogP contribution in [0.2, 0.25) is 0 Å². The SMILES string of the molecule is C=C(CCC)c1ccccc1. The summed E-state index contributed by atoms with van der Waals surface area (Å²) in [5.41, 5.74) is 2.52. The maximum Gasteiger partial charge on any atom is -0.0230 e. The monoisotopic (exact) mass is 146 g/mol. The zero-order chi connectivity index (χ0) is 8.10. The van der Waals surface area contributed by atoms with Gasteiger partial charge in [0.25, 0.3) is 0 Å². The van der Waals surface area contributed by atoms with Gasteiger partial charge in [-0.15, -0.1) is 0 Å². The summed E-state index contributed by atoms with van der Waals surface area (Å²) in [6.45, 7) is 6.19. The Morgan fingerprint density at radius 3 is 2.45 bits per heavy atom. The lowest BCUT2D eigenvalue weighted by Crippen LogP contribution is -1.80. The molecule has 0 heterocycles. The molecule has 0 saturated heterocycles. The van der Waals surface area contributed by atoms with Crippen LogP contribution >= 0.6 is 0 Å². The summed E-state index contributed by atoms with van der Waals surface area (Å²) >= 11 is 0. The van der Waals surface area contributed by atoms with Crippen molar-refractivity contribution in [2.75, 3.05) is 0 Å². The number of allylic oxidation sites excluding steroid dienone is 1. The van der Waals surface area contributed by atoms with Gasteiger partial charge in [0.15, 0.2) is 0 Å². The van der Waals surface area contributed by atoms with E-state index in [1.54, 1.807) is 0 Å². The van der Waals surface area contributed by atoms with Crippen molar-refractivity contribution in [3.8, 4) is 0 Å². The van der Waals surface area contributed by atoms with Crippen LogP contribution in [0.3, 0.4) is 0 Å². The van der Waals surface area contributed by atoms with Crippen molar-refractivity contribution in [2.24, 2.45) is 0 Å². The van der Waals surface area contributed by atoms with Gasteiger partial charge in [-0.25, -0.2) is 0 Å². The predicted molar refractivity (Wildman–Crippen MR) is 50.4 cm³/mol. The lowest BCUT2D eigenvalue weighted by atomic mass is 10.0. The van der Waals surface area contributed by atoms with Crippen LogP contribution in [0.15, 0.2) is 36.9 Å². The molecule has 58 valence electrons. The molecule has 0 heteroatoms. The van der Waals surface area contributed by atoms with Gasteiger partial charge < -0.3 is 0 Å². The van der Waals surface area contributed by atoms with E-state index in [-0.39, 0.29) is 0 Å². The summed E-state index contributed by atoms with van der Waals surface area (Å²) in [4.78, 5) is 0. The highest BCUT2D eigenvalue weighted by Crippen LogP contribution is 2.16. The zero-order valence-electron chi connectivity index (χ0n) is 7.01. The smallest absolute Gasteiger partial charge is 0.0230 e. The predicted octanol–water partition coefficient (Wildman–Crippen LogP) is 3.50. The molecule has 0 saturated carbocycles. The quantitative estimate of drug-likeness (QED) is 0.612. The molecule has 11 heavy (non-hydrogen) atoms. The summed E-state index contributed by atoms with van der Waals surface area (Å²) in [6, 6.07) is 10.4. The fraction of sp³-hybridized carbons (Fsp3) is 0.273. The van der Waals surface area contributed by atoms with Crippen LogP contribution in [0.25, 0.3) is 5.57 Å². The molecule has 0 radical (unpaired) electrons. The summed E-state index contributed by atoms with van der Waals surface area (Å²) in [6.07, 6.45) is 2.28. The lowest BCUT2D eigenvalue weighted by molar-refractivity contribution is 0.975. The van der Waals surface area contributed by atoms with Crippen molar-refractivity contribution < 1.29 is 0 Å². The first-order valence-electron chi connectivity index (χ1n) is 4.07. The van der Waals surface area contributed by atoms with Crippen LogP contribution < -0.4 is 0 Å². The molecule has 0 bridgehead atoms. The van der Waals surface area contributed by atoms with E-state index in [9.17, 15) is 0 Å². The Balaban J connectivity index is 2.69. The summed E-state index contributed by atoms with van der Waals surface area (Å²) < 4.78 is 0. The van der Waals surface area contributed by atoms with E-state index in [2.05, 4.69) is 37.8 Å². The topological polar surface area (TPSA) is 0 Å². The van der Waals surface area contributed by atoms with Crippen molar-refractivity contribution in [1.82, 2.24) is 0 Å². The number of hydrogen-bond donors (Lipinski definition) is 0. The minimum atomic E-state index is 1.10. The van der Waals surface area contributed by atoms with Crippen LogP contribution in [-0.4, -0.2) is 0 Å². The Labute approximate surface area is 68.6 Å². The molecule has 0 unspecified atom stereocenters. The average molecular weight is 146 g/mol. The Morgan fingerprint density at radius 2 is 1.91 bits per heavy atom. The van der Waals surface area contributed by atoms with Gasteiger partial charge in [-0.2, -0.15) is 0 Å². The Bertz CT molecular complexity index is 221. The third kappa shape index (κ3) is 2.23. The lowest BCUT2D eigenvalue weighted by Gasteiger charge is -2.02. The maximum atomic E-state index is 4.01. The minimum Gasteiger partial charge on any atom is -0.0952 e. The highest BCUT2D eigenvalue weighted by Gasteiger charge is 1.94. The van der Waals surface area contributed by atoms with Gasteiger partial charge in [0.2, 0.25) is 0 Å². The number of rotatable bonds is 3. The average Bonchev–Trinajstić information content (AvgIpc) is 2.07. The largest absolute Gasteiger partial charge is 0.0952 e. The first-order chi connectivity index (χ1) is 5.34. The minimum absolute atomic E-state index is 1.10. The van der Waals surface area contributed by atoms with E-state index in [0.717, 1.165) is 6.42 Å². The first-order valence-corrected chi connectivity index (χ1v) is 4.07. The van der Waals surface area contributed by atoms with E-state index < -0.39 is 0 Å². The molecule has 0 spiro atoms. The van der Waals surface area contributed by atoms with Crippen molar-refractivity contribution in [3.05, 3.63) is 42.5 Å².